The number of carbonyl (C=O) groups excluding carboxylic acids is 1. The van der Waals surface area contributed by atoms with Gasteiger partial charge >= 0.3 is 0 Å². The molecule has 4 aromatic rings. The molecular formula is C22H21ClF2N4OS. The van der Waals surface area contributed by atoms with Crippen LogP contribution in [0.5, 0.6) is 0 Å². The Bertz CT molecular complexity index is 1180. The molecule has 0 atom stereocenters. The van der Waals surface area contributed by atoms with Gasteiger partial charge in [0.2, 0.25) is 5.91 Å². The fraction of sp³-hybridized carbons (Fsp3) is 0.227. The molecule has 0 radical (unpaired) electrons. The zero-order chi connectivity index (χ0) is 21.1. The molecule has 0 aliphatic heterocycles. The van der Waals surface area contributed by atoms with Crippen molar-refractivity contribution >= 4 is 45.0 Å². The smallest absolute Gasteiger partial charge is 0.233 e. The lowest BCUT2D eigenvalue weighted by molar-refractivity contribution is -0.118. The predicted octanol–water partition coefficient (Wildman–Crippen LogP) is 5.17. The van der Waals surface area contributed by atoms with Crippen molar-refractivity contribution in [2.24, 2.45) is 0 Å². The average Bonchev–Trinajstić information content (AvgIpc) is 3.35. The zero-order valence-corrected chi connectivity index (χ0v) is 18.4. The van der Waals surface area contributed by atoms with Crippen molar-refractivity contribution in [3.63, 3.8) is 0 Å². The molecule has 2 aromatic heterocycles. The molecule has 9 heteroatoms. The van der Waals surface area contributed by atoms with E-state index < -0.39 is 11.6 Å². The number of carbonyl (C=O) groups is 1. The van der Waals surface area contributed by atoms with E-state index in [0.717, 1.165) is 28.5 Å². The van der Waals surface area contributed by atoms with Gasteiger partial charge in [-0.1, -0.05) is 41.2 Å². The van der Waals surface area contributed by atoms with E-state index in [0.29, 0.717) is 29.3 Å². The van der Waals surface area contributed by atoms with Gasteiger partial charge in [-0.15, -0.1) is 12.4 Å². The van der Waals surface area contributed by atoms with Crippen molar-refractivity contribution in [2.75, 3.05) is 11.4 Å². The first kappa shape index (κ1) is 22.8. The molecule has 0 fully saturated rings. The van der Waals surface area contributed by atoms with Gasteiger partial charge < -0.3 is 4.57 Å². The van der Waals surface area contributed by atoms with E-state index in [9.17, 15) is 13.6 Å². The number of anilines is 1. The van der Waals surface area contributed by atoms with Gasteiger partial charge in [0.1, 0.15) is 11.3 Å². The number of nitrogens with zero attached hydrogens (tertiary/aromatic N) is 4. The summed E-state index contributed by atoms with van der Waals surface area (Å²) < 4.78 is 30.1. The molecule has 0 aliphatic carbocycles. The first-order chi connectivity index (χ1) is 14.5. The Balaban J connectivity index is 0.00000272. The summed E-state index contributed by atoms with van der Waals surface area (Å²) in [6.45, 7) is 3.07. The van der Waals surface area contributed by atoms with Crippen LogP contribution in [0.1, 0.15) is 17.5 Å². The highest BCUT2D eigenvalue weighted by atomic mass is 35.5. The highest BCUT2D eigenvalue weighted by Crippen LogP contribution is 2.31. The fourth-order valence-corrected chi connectivity index (χ4v) is 4.36. The first-order valence-corrected chi connectivity index (χ1v) is 10.4. The lowest BCUT2D eigenvalue weighted by Gasteiger charge is -2.20. The number of aromatic nitrogens is 3. The van der Waals surface area contributed by atoms with Crippen LogP contribution in [0, 0.1) is 18.6 Å². The molecule has 0 spiro atoms. The quantitative estimate of drug-likeness (QED) is 0.381. The van der Waals surface area contributed by atoms with Crippen LogP contribution in [0.25, 0.3) is 10.2 Å². The molecule has 0 unspecified atom stereocenters. The SMILES string of the molecule is Cc1cccc(CC(=O)N(CCCn2ccnc2)c2nc3c(F)cc(F)cc3s2)c1.Cl. The number of rotatable bonds is 7. The molecule has 2 heterocycles. The van der Waals surface area contributed by atoms with Crippen LogP contribution in [0.2, 0.25) is 0 Å². The van der Waals surface area contributed by atoms with E-state index in [4.69, 9.17) is 0 Å². The van der Waals surface area contributed by atoms with E-state index in [-0.39, 0.29) is 30.3 Å². The third kappa shape index (κ3) is 5.45. The van der Waals surface area contributed by atoms with E-state index >= 15 is 0 Å². The molecule has 0 saturated carbocycles. The number of imidazole rings is 1. The summed E-state index contributed by atoms with van der Waals surface area (Å²) in [6.07, 6.45) is 6.15. The van der Waals surface area contributed by atoms with Crippen LogP contribution >= 0.6 is 23.7 Å². The topological polar surface area (TPSA) is 51.0 Å². The summed E-state index contributed by atoms with van der Waals surface area (Å²) in [4.78, 5) is 23.1. The van der Waals surface area contributed by atoms with Gasteiger partial charge in [0.05, 0.1) is 17.4 Å². The summed E-state index contributed by atoms with van der Waals surface area (Å²) in [5.41, 5.74) is 2.06. The second kappa shape index (κ2) is 9.98. The minimum atomic E-state index is -0.725. The zero-order valence-electron chi connectivity index (χ0n) is 16.8. The minimum Gasteiger partial charge on any atom is -0.337 e. The third-order valence-corrected chi connectivity index (χ3v) is 5.75. The largest absolute Gasteiger partial charge is 0.337 e. The van der Waals surface area contributed by atoms with E-state index in [1.165, 1.54) is 6.07 Å². The van der Waals surface area contributed by atoms with E-state index in [1.54, 1.807) is 17.4 Å². The van der Waals surface area contributed by atoms with Crippen LogP contribution in [-0.4, -0.2) is 27.0 Å². The number of hydrogen-bond donors (Lipinski definition) is 0. The normalized spacial score (nSPS) is 10.8. The second-order valence-electron chi connectivity index (χ2n) is 7.10. The van der Waals surface area contributed by atoms with Gasteiger partial charge in [-0.25, -0.2) is 18.7 Å². The van der Waals surface area contributed by atoms with Gasteiger partial charge in [0.15, 0.2) is 10.9 Å². The lowest BCUT2D eigenvalue weighted by atomic mass is 10.1. The van der Waals surface area contributed by atoms with Crippen molar-refractivity contribution in [2.45, 2.75) is 26.3 Å². The fourth-order valence-electron chi connectivity index (χ4n) is 3.31. The standard InChI is InChI=1S/C22H20F2N4OS.ClH/c1-15-4-2-5-16(10-15)11-20(29)28(8-3-7-27-9-6-25-14-27)22-26-21-18(24)12-17(23)13-19(21)30-22;/h2,4-6,9-10,12-14H,3,7-8,11H2,1H3;1H. The highest BCUT2D eigenvalue weighted by molar-refractivity contribution is 7.22. The van der Waals surface area contributed by atoms with Crippen molar-refractivity contribution in [1.29, 1.82) is 0 Å². The van der Waals surface area contributed by atoms with Crippen molar-refractivity contribution in [3.05, 3.63) is 77.9 Å². The Kier molecular flexibility index (Phi) is 7.35. The Hall–Kier alpha value is -2.84. The Labute approximate surface area is 188 Å². The number of amides is 1. The van der Waals surface area contributed by atoms with Crippen molar-refractivity contribution in [1.82, 2.24) is 14.5 Å². The second-order valence-corrected chi connectivity index (χ2v) is 8.11. The number of fused-ring (bicyclic) bond motifs is 1. The number of thiazole rings is 1. The average molecular weight is 463 g/mol. The molecule has 0 N–H and O–H groups in total. The summed E-state index contributed by atoms with van der Waals surface area (Å²) >= 11 is 1.12. The summed E-state index contributed by atoms with van der Waals surface area (Å²) in [5.74, 6) is -1.52. The van der Waals surface area contributed by atoms with E-state index in [2.05, 4.69) is 9.97 Å². The van der Waals surface area contributed by atoms with Crippen LogP contribution < -0.4 is 4.90 Å². The number of benzene rings is 2. The van der Waals surface area contributed by atoms with Gasteiger partial charge in [-0.05, 0) is 25.0 Å². The molecule has 2 aromatic carbocycles. The number of hydrogen-bond acceptors (Lipinski definition) is 4. The molecule has 31 heavy (non-hydrogen) atoms. The van der Waals surface area contributed by atoms with E-state index in [1.807, 2.05) is 42.0 Å². The maximum Gasteiger partial charge on any atom is 0.233 e. The predicted molar refractivity (Wildman–Crippen MR) is 121 cm³/mol. The van der Waals surface area contributed by atoms with Crippen molar-refractivity contribution in [3.8, 4) is 0 Å². The Morgan fingerprint density at radius 1 is 1.23 bits per heavy atom. The molecule has 0 saturated heterocycles. The van der Waals surface area contributed by atoms with Gasteiger partial charge in [-0.2, -0.15) is 0 Å². The maximum absolute atomic E-state index is 14.1. The highest BCUT2D eigenvalue weighted by Gasteiger charge is 2.21. The third-order valence-electron chi connectivity index (χ3n) is 4.73. The van der Waals surface area contributed by atoms with Crippen LogP contribution in [0.15, 0.2) is 55.1 Å². The van der Waals surface area contributed by atoms with Gasteiger partial charge in [0, 0.05) is 31.5 Å². The van der Waals surface area contributed by atoms with Crippen LogP contribution in [0.3, 0.4) is 0 Å². The molecule has 162 valence electrons. The molecular weight excluding hydrogens is 442 g/mol. The van der Waals surface area contributed by atoms with Gasteiger partial charge in [0.25, 0.3) is 0 Å². The lowest BCUT2D eigenvalue weighted by Crippen LogP contribution is -2.33. The van der Waals surface area contributed by atoms with Crippen LogP contribution in [-0.2, 0) is 17.8 Å². The molecule has 0 bridgehead atoms. The molecule has 1 amide bonds. The van der Waals surface area contributed by atoms with Crippen molar-refractivity contribution < 1.29 is 13.6 Å². The first-order valence-electron chi connectivity index (χ1n) is 9.57. The Morgan fingerprint density at radius 2 is 2.06 bits per heavy atom. The minimum absolute atomic E-state index is 0. The van der Waals surface area contributed by atoms with Crippen LogP contribution in [0.4, 0.5) is 13.9 Å². The molecule has 4 rings (SSSR count). The van der Waals surface area contributed by atoms with Gasteiger partial charge in [-0.3, -0.25) is 9.69 Å². The Morgan fingerprint density at radius 3 is 2.81 bits per heavy atom. The summed E-state index contributed by atoms with van der Waals surface area (Å²) in [5, 5.41) is 0.373. The summed E-state index contributed by atoms with van der Waals surface area (Å²) in [7, 11) is 0. The summed E-state index contributed by atoms with van der Waals surface area (Å²) in [6, 6.07) is 9.81. The molecule has 5 nitrogen and oxygen atoms in total. The monoisotopic (exact) mass is 462 g/mol. The maximum atomic E-state index is 14.1. The number of halogens is 3. The number of aryl methyl sites for hydroxylation is 2. The molecule has 0 aliphatic rings.